The highest BCUT2D eigenvalue weighted by atomic mass is 19.4. The van der Waals surface area contributed by atoms with Gasteiger partial charge in [-0.25, -0.2) is 0 Å². The van der Waals surface area contributed by atoms with E-state index in [0.717, 1.165) is 12.1 Å². The van der Waals surface area contributed by atoms with Gasteiger partial charge in [0.1, 0.15) is 0 Å². The molecular formula is C13H13F3O3. The maximum absolute atomic E-state index is 12.5. The topological polar surface area (TPSA) is 43.4 Å². The number of hydrogen-bond acceptors (Lipinski definition) is 3. The zero-order valence-corrected chi connectivity index (χ0v) is 10.3. The summed E-state index contributed by atoms with van der Waals surface area (Å²) < 4.78 is 42.0. The minimum atomic E-state index is -4.49. The van der Waals surface area contributed by atoms with Crippen molar-refractivity contribution in [3.63, 3.8) is 0 Å². The number of carbonyl (C=O) groups excluding carboxylic acids is 2. The third-order valence-corrected chi connectivity index (χ3v) is 2.37. The molecule has 1 aromatic carbocycles. The van der Waals surface area contributed by atoms with Crippen molar-refractivity contribution in [1.29, 1.82) is 0 Å². The molecule has 0 spiro atoms. The van der Waals surface area contributed by atoms with E-state index in [1.165, 1.54) is 12.1 Å². The molecule has 0 aliphatic rings. The second kappa shape index (κ2) is 6.36. The summed E-state index contributed by atoms with van der Waals surface area (Å²) in [6, 6.07) is 4.14. The fourth-order valence-corrected chi connectivity index (χ4v) is 1.46. The number of benzene rings is 1. The quantitative estimate of drug-likeness (QED) is 0.611. The summed E-state index contributed by atoms with van der Waals surface area (Å²) in [5.74, 6) is -1.05. The van der Waals surface area contributed by atoms with Gasteiger partial charge in [0.05, 0.1) is 18.6 Å². The SMILES string of the molecule is CCOC(=O)CCC(=O)c1cccc(C(F)(F)F)c1. The number of carbonyl (C=O) groups is 2. The van der Waals surface area contributed by atoms with Crippen LogP contribution in [0.1, 0.15) is 35.7 Å². The van der Waals surface area contributed by atoms with E-state index in [2.05, 4.69) is 4.74 Å². The fourth-order valence-electron chi connectivity index (χ4n) is 1.46. The first kappa shape index (κ1) is 15.2. The number of ether oxygens (including phenoxy) is 1. The van der Waals surface area contributed by atoms with Gasteiger partial charge in [-0.3, -0.25) is 9.59 Å². The summed E-state index contributed by atoms with van der Waals surface area (Å²) >= 11 is 0. The molecule has 0 fully saturated rings. The highest BCUT2D eigenvalue weighted by Crippen LogP contribution is 2.29. The second-order valence-electron chi connectivity index (χ2n) is 3.81. The third-order valence-electron chi connectivity index (χ3n) is 2.37. The van der Waals surface area contributed by atoms with Crippen molar-refractivity contribution >= 4 is 11.8 Å². The summed E-state index contributed by atoms with van der Waals surface area (Å²) in [5.41, 5.74) is -0.936. The van der Waals surface area contributed by atoms with Gasteiger partial charge in [-0.1, -0.05) is 12.1 Å². The average Bonchev–Trinajstić information content (AvgIpc) is 2.35. The lowest BCUT2D eigenvalue weighted by Gasteiger charge is -2.08. The van der Waals surface area contributed by atoms with E-state index < -0.39 is 23.5 Å². The van der Waals surface area contributed by atoms with Gasteiger partial charge in [0, 0.05) is 12.0 Å². The van der Waals surface area contributed by atoms with E-state index in [-0.39, 0.29) is 25.0 Å². The molecule has 0 saturated heterocycles. The van der Waals surface area contributed by atoms with E-state index in [1.807, 2.05) is 0 Å². The molecule has 19 heavy (non-hydrogen) atoms. The van der Waals surface area contributed by atoms with Gasteiger partial charge >= 0.3 is 12.1 Å². The number of hydrogen-bond donors (Lipinski definition) is 0. The Kier molecular flexibility index (Phi) is 5.09. The minimum Gasteiger partial charge on any atom is -0.466 e. The Bertz CT molecular complexity index is 466. The molecule has 0 aliphatic heterocycles. The van der Waals surface area contributed by atoms with Crippen LogP contribution in [0.5, 0.6) is 0 Å². The van der Waals surface area contributed by atoms with Crippen LogP contribution in [0.15, 0.2) is 24.3 Å². The Morgan fingerprint density at radius 1 is 1.21 bits per heavy atom. The molecule has 3 nitrogen and oxygen atoms in total. The van der Waals surface area contributed by atoms with Gasteiger partial charge in [-0.15, -0.1) is 0 Å². The number of ketones is 1. The number of esters is 1. The fraction of sp³-hybridized carbons (Fsp3) is 0.385. The Labute approximate surface area is 108 Å². The van der Waals surface area contributed by atoms with E-state index in [4.69, 9.17) is 0 Å². The first-order valence-corrected chi connectivity index (χ1v) is 5.70. The molecule has 0 saturated carbocycles. The number of alkyl halides is 3. The Balaban J connectivity index is 2.70. The lowest BCUT2D eigenvalue weighted by atomic mass is 10.0. The van der Waals surface area contributed by atoms with Crippen molar-refractivity contribution < 1.29 is 27.5 Å². The molecule has 104 valence electrons. The van der Waals surface area contributed by atoms with Crippen LogP contribution in [-0.4, -0.2) is 18.4 Å². The Morgan fingerprint density at radius 3 is 2.47 bits per heavy atom. The molecule has 1 aromatic rings. The standard InChI is InChI=1S/C13H13F3O3/c1-2-19-12(18)7-6-11(17)9-4-3-5-10(8-9)13(14,15)16/h3-5,8H,2,6-7H2,1H3. The van der Waals surface area contributed by atoms with Gasteiger partial charge in [0.15, 0.2) is 5.78 Å². The monoisotopic (exact) mass is 274 g/mol. The first-order valence-electron chi connectivity index (χ1n) is 5.70. The predicted octanol–water partition coefficient (Wildman–Crippen LogP) is 3.23. The number of halogens is 3. The van der Waals surface area contributed by atoms with Crippen molar-refractivity contribution in [1.82, 2.24) is 0 Å². The van der Waals surface area contributed by atoms with Crippen molar-refractivity contribution in [2.45, 2.75) is 25.9 Å². The van der Waals surface area contributed by atoms with Crippen molar-refractivity contribution in [3.8, 4) is 0 Å². The molecule has 0 unspecified atom stereocenters. The second-order valence-corrected chi connectivity index (χ2v) is 3.81. The summed E-state index contributed by atoms with van der Waals surface area (Å²) in [6.45, 7) is 1.84. The lowest BCUT2D eigenvalue weighted by molar-refractivity contribution is -0.143. The number of rotatable bonds is 5. The Morgan fingerprint density at radius 2 is 1.89 bits per heavy atom. The van der Waals surface area contributed by atoms with Gasteiger partial charge in [-0.05, 0) is 19.1 Å². The minimum absolute atomic E-state index is 0.0564. The zero-order chi connectivity index (χ0) is 14.5. The van der Waals surface area contributed by atoms with Crippen LogP contribution in [0, 0.1) is 0 Å². The largest absolute Gasteiger partial charge is 0.466 e. The average molecular weight is 274 g/mol. The van der Waals surface area contributed by atoms with Gasteiger partial charge in [0.25, 0.3) is 0 Å². The predicted molar refractivity (Wildman–Crippen MR) is 61.6 cm³/mol. The van der Waals surface area contributed by atoms with Crippen LogP contribution in [0.3, 0.4) is 0 Å². The molecule has 0 N–H and O–H groups in total. The summed E-state index contributed by atoms with van der Waals surface area (Å²) in [7, 11) is 0. The van der Waals surface area contributed by atoms with E-state index >= 15 is 0 Å². The molecule has 1 rings (SSSR count). The zero-order valence-electron chi connectivity index (χ0n) is 10.3. The summed E-state index contributed by atoms with van der Waals surface area (Å²) in [5, 5.41) is 0. The maximum Gasteiger partial charge on any atom is 0.416 e. The summed E-state index contributed by atoms with van der Waals surface area (Å²) in [6.07, 6.45) is -4.79. The lowest BCUT2D eigenvalue weighted by Crippen LogP contribution is -2.10. The molecule has 0 heterocycles. The highest BCUT2D eigenvalue weighted by Gasteiger charge is 2.30. The van der Waals surface area contributed by atoms with Crippen LogP contribution in [0.25, 0.3) is 0 Å². The van der Waals surface area contributed by atoms with Crippen LogP contribution in [0.4, 0.5) is 13.2 Å². The molecule has 0 radical (unpaired) electrons. The van der Waals surface area contributed by atoms with Gasteiger partial charge in [0.2, 0.25) is 0 Å². The normalized spacial score (nSPS) is 11.2. The van der Waals surface area contributed by atoms with Gasteiger partial charge in [-0.2, -0.15) is 13.2 Å². The highest BCUT2D eigenvalue weighted by molar-refractivity contribution is 5.97. The Hall–Kier alpha value is -1.85. The van der Waals surface area contributed by atoms with Crippen LogP contribution in [-0.2, 0) is 15.7 Å². The third kappa shape index (κ3) is 4.73. The van der Waals surface area contributed by atoms with Crippen LogP contribution in [0.2, 0.25) is 0 Å². The van der Waals surface area contributed by atoms with Crippen molar-refractivity contribution in [2.75, 3.05) is 6.61 Å². The van der Waals surface area contributed by atoms with Crippen molar-refractivity contribution in [3.05, 3.63) is 35.4 Å². The molecular weight excluding hydrogens is 261 g/mol. The van der Waals surface area contributed by atoms with E-state index in [1.54, 1.807) is 6.92 Å². The molecule has 6 heteroatoms. The van der Waals surface area contributed by atoms with E-state index in [0.29, 0.717) is 0 Å². The van der Waals surface area contributed by atoms with E-state index in [9.17, 15) is 22.8 Å². The smallest absolute Gasteiger partial charge is 0.416 e. The van der Waals surface area contributed by atoms with Crippen LogP contribution < -0.4 is 0 Å². The molecule has 0 aliphatic carbocycles. The molecule has 0 atom stereocenters. The molecule has 0 amide bonds. The van der Waals surface area contributed by atoms with Crippen molar-refractivity contribution in [2.24, 2.45) is 0 Å². The number of Topliss-reactive ketones (excluding diaryl/α,β-unsaturated/α-hetero) is 1. The summed E-state index contributed by atoms with van der Waals surface area (Å²) in [4.78, 5) is 22.7. The first-order chi connectivity index (χ1) is 8.84. The maximum atomic E-state index is 12.5. The molecule has 0 aromatic heterocycles. The van der Waals surface area contributed by atoms with Gasteiger partial charge < -0.3 is 4.74 Å². The molecule has 0 bridgehead atoms. The van der Waals surface area contributed by atoms with Crippen LogP contribution >= 0.6 is 0 Å².